The number of benzene rings is 1. The fourth-order valence-electron chi connectivity index (χ4n) is 3.71. The van der Waals surface area contributed by atoms with Crippen LogP contribution in [0.4, 0.5) is 4.39 Å². The molecule has 4 aromatic rings. The van der Waals surface area contributed by atoms with Crippen LogP contribution in [-0.4, -0.2) is 38.5 Å². The predicted octanol–water partition coefficient (Wildman–Crippen LogP) is 4.16. The van der Waals surface area contributed by atoms with Gasteiger partial charge in [-0.25, -0.2) is 8.70 Å². The minimum atomic E-state index is -0.191. The Balaban J connectivity index is 0.000000165. The van der Waals surface area contributed by atoms with Crippen molar-refractivity contribution >= 4 is 29.2 Å². The Bertz CT molecular complexity index is 1230. The van der Waals surface area contributed by atoms with Crippen molar-refractivity contribution in [3.05, 3.63) is 71.3 Å². The summed E-state index contributed by atoms with van der Waals surface area (Å²) in [6, 6.07) is 8.87. The van der Waals surface area contributed by atoms with E-state index in [1.54, 1.807) is 37.4 Å². The van der Waals surface area contributed by atoms with E-state index in [-0.39, 0.29) is 5.82 Å². The molecule has 4 heterocycles. The lowest BCUT2D eigenvalue weighted by molar-refractivity contribution is 0.111. The van der Waals surface area contributed by atoms with E-state index in [1.807, 2.05) is 35.5 Å². The molecule has 0 atom stereocenters. The first-order valence-corrected chi connectivity index (χ1v) is 11.1. The number of hydrogen-bond acceptors (Lipinski definition) is 6. The number of nitrogens with one attached hydrogen (secondary N) is 1. The molecule has 0 fully saturated rings. The molecular formula is C23H26FN5O2S. The Labute approximate surface area is 190 Å². The van der Waals surface area contributed by atoms with Gasteiger partial charge in [0.25, 0.3) is 0 Å². The Morgan fingerprint density at radius 1 is 1.28 bits per heavy atom. The number of carbonyl (C=O) groups is 1. The van der Waals surface area contributed by atoms with Gasteiger partial charge < -0.3 is 14.3 Å². The first-order valence-electron chi connectivity index (χ1n) is 10.4. The van der Waals surface area contributed by atoms with Crippen LogP contribution in [0, 0.1) is 12.7 Å². The second kappa shape index (κ2) is 9.72. The first-order chi connectivity index (χ1) is 15.5. The Morgan fingerprint density at radius 3 is 2.88 bits per heavy atom. The van der Waals surface area contributed by atoms with Gasteiger partial charge in [0.05, 0.1) is 30.7 Å². The maximum absolute atomic E-state index is 13.3. The SMILES string of the molecule is CNCc1c(F)ccc2occc12.Cc1c(SN2CCn3nccc3C2)cc(C=O)n1C. The van der Waals surface area contributed by atoms with E-state index in [9.17, 15) is 9.18 Å². The van der Waals surface area contributed by atoms with Gasteiger partial charge >= 0.3 is 0 Å². The normalized spacial score (nSPS) is 13.6. The van der Waals surface area contributed by atoms with Crippen molar-refractivity contribution in [1.82, 2.24) is 24.0 Å². The smallest absolute Gasteiger partial charge is 0.166 e. The summed E-state index contributed by atoms with van der Waals surface area (Å²) < 4.78 is 24.8. The molecule has 1 aliphatic heterocycles. The molecule has 32 heavy (non-hydrogen) atoms. The van der Waals surface area contributed by atoms with E-state index < -0.39 is 0 Å². The fraction of sp³-hybridized carbons (Fsp3) is 0.304. The maximum Gasteiger partial charge on any atom is 0.166 e. The summed E-state index contributed by atoms with van der Waals surface area (Å²) in [5.74, 6) is -0.191. The van der Waals surface area contributed by atoms with E-state index in [1.165, 1.54) is 11.8 Å². The number of furan rings is 1. The second-order valence-corrected chi connectivity index (χ2v) is 8.72. The van der Waals surface area contributed by atoms with Crippen molar-refractivity contribution in [2.75, 3.05) is 13.6 Å². The molecule has 1 aromatic carbocycles. The first kappa shape index (κ1) is 22.3. The molecule has 0 amide bonds. The third-order valence-electron chi connectivity index (χ3n) is 5.62. The molecule has 0 aliphatic carbocycles. The number of aromatic nitrogens is 3. The van der Waals surface area contributed by atoms with Gasteiger partial charge in [-0.05, 0) is 56.3 Å². The average molecular weight is 456 g/mol. The van der Waals surface area contributed by atoms with Crippen LogP contribution in [0.1, 0.15) is 27.4 Å². The molecule has 0 saturated carbocycles. The molecular weight excluding hydrogens is 429 g/mol. The highest BCUT2D eigenvalue weighted by molar-refractivity contribution is 7.97. The van der Waals surface area contributed by atoms with E-state index in [0.29, 0.717) is 12.1 Å². The van der Waals surface area contributed by atoms with E-state index in [0.717, 1.165) is 53.2 Å². The van der Waals surface area contributed by atoms with Crippen LogP contribution >= 0.6 is 11.9 Å². The van der Waals surface area contributed by atoms with Gasteiger partial charge in [-0.3, -0.25) is 9.48 Å². The molecule has 9 heteroatoms. The maximum atomic E-state index is 13.3. The highest BCUT2D eigenvalue weighted by Crippen LogP contribution is 2.30. The lowest BCUT2D eigenvalue weighted by Crippen LogP contribution is -2.28. The number of carbonyl (C=O) groups excluding carboxylic acids is 1. The molecule has 1 aliphatic rings. The van der Waals surface area contributed by atoms with Crippen molar-refractivity contribution in [3.63, 3.8) is 0 Å². The summed E-state index contributed by atoms with van der Waals surface area (Å²) in [6.07, 6.45) is 4.33. The van der Waals surface area contributed by atoms with E-state index >= 15 is 0 Å². The summed E-state index contributed by atoms with van der Waals surface area (Å²) in [5, 5.41) is 8.04. The average Bonchev–Trinajstić information content (AvgIpc) is 3.52. The molecule has 5 rings (SSSR count). The minimum absolute atomic E-state index is 0.191. The summed E-state index contributed by atoms with van der Waals surface area (Å²) in [6.45, 7) is 5.33. The molecule has 0 bridgehead atoms. The number of fused-ring (bicyclic) bond motifs is 2. The zero-order chi connectivity index (χ0) is 22.7. The van der Waals surface area contributed by atoms with Crippen LogP contribution in [0.3, 0.4) is 0 Å². The summed E-state index contributed by atoms with van der Waals surface area (Å²) >= 11 is 1.72. The van der Waals surface area contributed by atoms with Gasteiger partial charge in [-0.15, -0.1) is 0 Å². The Hall–Kier alpha value is -2.88. The number of aldehydes is 1. The highest BCUT2D eigenvalue weighted by atomic mass is 32.2. The molecule has 7 nitrogen and oxygen atoms in total. The van der Waals surface area contributed by atoms with Crippen LogP contribution in [0.25, 0.3) is 11.0 Å². The summed E-state index contributed by atoms with van der Waals surface area (Å²) in [5.41, 5.74) is 4.48. The summed E-state index contributed by atoms with van der Waals surface area (Å²) in [4.78, 5) is 12.1. The molecule has 0 spiro atoms. The topological polar surface area (TPSA) is 68.2 Å². The van der Waals surface area contributed by atoms with Crippen molar-refractivity contribution in [2.45, 2.75) is 31.5 Å². The van der Waals surface area contributed by atoms with Crippen LogP contribution in [0.15, 0.2) is 52.1 Å². The van der Waals surface area contributed by atoms with Gasteiger partial charge in [0.15, 0.2) is 6.29 Å². The number of halogens is 1. The molecule has 168 valence electrons. The molecule has 0 radical (unpaired) electrons. The lowest BCUT2D eigenvalue weighted by atomic mass is 10.1. The van der Waals surface area contributed by atoms with Gasteiger partial charge in [0.1, 0.15) is 11.4 Å². The largest absolute Gasteiger partial charge is 0.464 e. The minimum Gasteiger partial charge on any atom is -0.464 e. The lowest BCUT2D eigenvalue weighted by Gasteiger charge is -2.26. The number of rotatable bonds is 5. The van der Waals surface area contributed by atoms with Crippen LogP contribution < -0.4 is 5.32 Å². The third-order valence-corrected chi connectivity index (χ3v) is 6.80. The Kier molecular flexibility index (Phi) is 6.78. The quantitative estimate of drug-likeness (QED) is 0.360. The number of hydrogen-bond donors (Lipinski definition) is 1. The predicted molar refractivity (Wildman–Crippen MR) is 123 cm³/mol. The Morgan fingerprint density at radius 2 is 2.12 bits per heavy atom. The van der Waals surface area contributed by atoms with Crippen molar-refractivity contribution in [2.24, 2.45) is 7.05 Å². The van der Waals surface area contributed by atoms with Gasteiger partial charge in [-0.1, -0.05) is 0 Å². The van der Waals surface area contributed by atoms with Crippen LogP contribution in [-0.2, 0) is 26.7 Å². The molecule has 3 aromatic heterocycles. The van der Waals surface area contributed by atoms with Crippen LogP contribution in [0.2, 0.25) is 0 Å². The second-order valence-electron chi connectivity index (χ2n) is 7.58. The van der Waals surface area contributed by atoms with Crippen molar-refractivity contribution in [3.8, 4) is 0 Å². The summed E-state index contributed by atoms with van der Waals surface area (Å²) in [7, 11) is 3.72. The molecule has 1 N–H and O–H groups in total. The molecule has 0 unspecified atom stereocenters. The zero-order valence-electron chi connectivity index (χ0n) is 18.3. The third kappa shape index (κ3) is 4.50. The van der Waals surface area contributed by atoms with E-state index in [4.69, 9.17) is 4.42 Å². The number of nitrogens with zero attached hydrogens (tertiary/aromatic N) is 4. The van der Waals surface area contributed by atoms with Crippen molar-refractivity contribution in [1.29, 1.82) is 0 Å². The van der Waals surface area contributed by atoms with Crippen molar-refractivity contribution < 1.29 is 13.6 Å². The van der Waals surface area contributed by atoms with Crippen LogP contribution in [0.5, 0.6) is 0 Å². The standard InChI is InChI=1S/C13H16N4OS.C10H10FNO/c1-10-13(7-12(9-18)15(10)2)19-16-5-6-17-11(8-16)3-4-14-17;1-12-6-8-7-4-5-13-10(7)3-2-9(8)11/h3-4,7,9H,5-6,8H2,1-2H3;2-5,12H,6H2,1H3. The zero-order valence-corrected chi connectivity index (χ0v) is 19.2. The fourth-order valence-corrected chi connectivity index (χ4v) is 4.80. The molecule has 0 saturated heterocycles. The van der Waals surface area contributed by atoms with Gasteiger partial charge in [-0.2, -0.15) is 5.10 Å². The van der Waals surface area contributed by atoms with E-state index in [2.05, 4.69) is 20.8 Å². The highest BCUT2D eigenvalue weighted by Gasteiger charge is 2.19. The monoisotopic (exact) mass is 455 g/mol. The van der Waals surface area contributed by atoms with Gasteiger partial charge in [0, 0.05) is 47.9 Å². The van der Waals surface area contributed by atoms with Gasteiger partial charge in [0.2, 0.25) is 0 Å².